The van der Waals surface area contributed by atoms with Crippen molar-refractivity contribution < 1.29 is 14.4 Å². The molecule has 1 aromatic rings. The fourth-order valence-corrected chi connectivity index (χ4v) is 1.14. The zero-order valence-corrected chi connectivity index (χ0v) is 9.24. The summed E-state index contributed by atoms with van der Waals surface area (Å²) in [7, 11) is 2.95. The van der Waals surface area contributed by atoms with E-state index in [0.29, 0.717) is 17.7 Å². The summed E-state index contributed by atoms with van der Waals surface area (Å²) < 4.78 is 4.81. The first-order valence-corrected chi connectivity index (χ1v) is 4.69. The van der Waals surface area contributed by atoms with Gasteiger partial charge in [-0.1, -0.05) is 24.0 Å². The van der Waals surface area contributed by atoms with Crippen LogP contribution in [0, 0.1) is 11.8 Å². The van der Waals surface area contributed by atoms with Crippen molar-refractivity contribution in [3.63, 3.8) is 0 Å². The van der Waals surface area contributed by atoms with E-state index in [1.807, 2.05) is 6.07 Å². The molecule has 0 saturated heterocycles. The molecule has 16 heavy (non-hydrogen) atoms. The van der Waals surface area contributed by atoms with Gasteiger partial charge in [-0.15, -0.1) is 0 Å². The topological polar surface area (TPSA) is 47.6 Å². The maximum Gasteiger partial charge on any atom is 0.276 e. The van der Waals surface area contributed by atoms with Crippen molar-refractivity contribution in [2.24, 2.45) is 0 Å². The van der Waals surface area contributed by atoms with E-state index in [0.717, 1.165) is 0 Å². The van der Waals surface area contributed by atoms with E-state index in [2.05, 4.69) is 22.2 Å². The molecule has 0 aliphatic carbocycles. The summed E-state index contributed by atoms with van der Waals surface area (Å²) in [5.74, 6) is 5.34. The molecule has 0 aliphatic heterocycles. The number of carbonyl (C=O) groups is 1. The number of amides is 1. The van der Waals surface area contributed by atoms with Crippen molar-refractivity contribution in [3.05, 3.63) is 35.4 Å². The van der Waals surface area contributed by atoms with Gasteiger partial charge in [0.1, 0.15) is 6.61 Å². The molecule has 0 aromatic heterocycles. The fraction of sp³-hybridized carbons (Fsp3) is 0.250. The summed E-state index contributed by atoms with van der Waals surface area (Å²) in [6, 6.07) is 7.05. The standard InChI is InChI=1S/C12H13NO3/c1-15-9-5-7-10-6-3-4-8-11(10)12(14)13-16-2/h3-4,6,8H,9H2,1-2H3,(H,13,14). The minimum Gasteiger partial charge on any atom is -0.372 e. The van der Waals surface area contributed by atoms with Crippen molar-refractivity contribution in [3.8, 4) is 11.8 Å². The highest BCUT2D eigenvalue weighted by Gasteiger charge is 2.08. The number of hydrogen-bond donors (Lipinski definition) is 1. The lowest BCUT2D eigenvalue weighted by molar-refractivity contribution is 0.0537. The second kappa shape index (κ2) is 6.62. The van der Waals surface area contributed by atoms with Gasteiger partial charge < -0.3 is 4.74 Å². The molecule has 0 fully saturated rings. The van der Waals surface area contributed by atoms with E-state index in [9.17, 15) is 4.79 Å². The van der Waals surface area contributed by atoms with Crippen LogP contribution < -0.4 is 5.48 Å². The lowest BCUT2D eigenvalue weighted by Gasteiger charge is -2.03. The van der Waals surface area contributed by atoms with Crippen molar-refractivity contribution >= 4 is 5.91 Å². The van der Waals surface area contributed by atoms with Gasteiger partial charge in [-0.25, -0.2) is 5.48 Å². The summed E-state index contributed by atoms with van der Waals surface area (Å²) in [4.78, 5) is 16.1. The van der Waals surface area contributed by atoms with Crippen LogP contribution in [0.3, 0.4) is 0 Å². The smallest absolute Gasteiger partial charge is 0.276 e. The molecule has 0 bridgehead atoms. The molecule has 0 unspecified atom stereocenters. The van der Waals surface area contributed by atoms with Gasteiger partial charge in [0, 0.05) is 12.7 Å². The maximum absolute atomic E-state index is 11.6. The first-order chi connectivity index (χ1) is 7.79. The lowest BCUT2D eigenvalue weighted by atomic mass is 10.1. The predicted molar refractivity (Wildman–Crippen MR) is 59.7 cm³/mol. The highest BCUT2D eigenvalue weighted by Crippen LogP contribution is 2.06. The molecule has 4 nitrogen and oxygen atoms in total. The van der Waals surface area contributed by atoms with Crippen molar-refractivity contribution in [2.75, 3.05) is 20.8 Å². The molecule has 84 valence electrons. The van der Waals surface area contributed by atoms with Crippen LogP contribution in [0.2, 0.25) is 0 Å². The van der Waals surface area contributed by atoms with Crippen LogP contribution in [-0.4, -0.2) is 26.7 Å². The Balaban J connectivity index is 2.93. The van der Waals surface area contributed by atoms with Crippen molar-refractivity contribution in [1.29, 1.82) is 0 Å². The average Bonchev–Trinajstić information content (AvgIpc) is 2.30. The molecule has 0 aliphatic rings. The largest absolute Gasteiger partial charge is 0.372 e. The Morgan fingerprint density at radius 2 is 2.12 bits per heavy atom. The van der Waals surface area contributed by atoms with E-state index in [-0.39, 0.29) is 5.91 Å². The summed E-state index contributed by atoms with van der Waals surface area (Å²) in [6.45, 7) is 0.334. The van der Waals surface area contributed by atoms with Gasteiger partial charge in [-0.2, -0.15) is 0 Å². The highest BCUT2D eigenvalue weighted by atomic mass is 16.6. The van der Waals surface area contributed by atoms with Crippen LogP contribution in [0.25, 0.3) is 0 Å². The zero-order chi connectivity index (χ0) is 11.8. The summed E-state index contributed by atoms with van der Waals surface area (Å²) in [6.07, 6.45) is 0. The van der Waals surface area contributed by atoms with Gasteiger partial charge in [0.25, 0.3) is 5.91 Å². The Labute approximate surface area is 94.5 Å². The summed E-state index contributed by atoms with van der Waals surface area (Å²) in [5.41, 5.74) is 3.38. The molecule has 1 aromatic carbocycles. The molecule has 0 heterocycles. The Kier molecular flexibility index (Phi) is 5.06. The SMILES string of the molecule is COCC#Cc1ccccc1C(=O)NOC. The van der Waals surface area contributed by atoms with Gasteiger partial charge in [-0.3, -0.25) is 9.63 Å². The minimum atomic E-state index is -0.315. The van der Waals surface area contributed by atoms with Gasteiger partial charge in [0.15, 0.2) is 0 Å². The van der Waals surface area contributed by atoms with E-state index >= 15 is 0 Å². The Morgan fingerprint density at radius 3 is 2.81 bits per heavy atom. The molecular weight excluding hydrogens is 206 g/mol. The molecule has 1 amide bonds. The van der Waals surface area contributed by atoms with E-state index in [4.69, 9.17) is 4.74 Å². The molecule has 0 saturated carbocycles. The second-order valence-electron chi connectivity index (χ2n) is 2.92. The first kappa shape index (κ1) is 12.2. The molecule has 1 rings (SSSR count). The van der Waals surface area contributed by atoms with Gasteiger partial charge in [0.05, 0.1) is 12.7 Å². The summed E-state index contributed by atoms with van der Waals surface area (Å²) >= 11 is 0. The van der Waals surface area contributed by atoms with E-state index in [1.54, 1.807) is 25.3 Å². The van der Waals surface area contributed by atoms with Crippen LogP contribution >= 0.6 is 0 Å². The van der Waals surface area contributed by atoms with E-state index in [1.165, 1.54) is 7.11 Å². The number of carbonyl (C=O) groups excluding carboxylic acids is 1. The van der Waals surface area contributed by atoms with Crippen LogP contribution in [-0.2, 0) is 9.57 Å². The highest BCUT2D eigenvalue weighted by molar-refractivity contribution is 5.96. The molecular formula is C12H13NO3. The van der Waals surface area contributed by atoms with Crippen molar-refractivity contribution in [1.82, 2.24) is 5.48 Å². The predicted octanol–water partition coefficient (Wildman–Crippen LogP) is 0.976. The number of nitrogens with one attached hydrogen (secondary N) is 1. The second-order valence-corrected chi connectivity index (χ2v) is 2.92. The van der Waals surface area contributed by atoms with Crippen molar-refractivity contribution in [2.45, 2.75) is 0 Å². The molecule has 4 heteroatoms. The normalized spacial score (nSPS) is 9.12. The Morgan fingerprint density at radius 1 is 1.38 bits per heavy atom. The first-order valence-electron chi connectivity index (χ1n) is 4.69. The Bertz CT molecular complexity index is 418. The number of methoxy groups -OCH3 is 1. The van der Waals surface area contributed by atoms with Gasteiger partial charge in [0.2, 0.25) is 0 Å². The number of ether oxygens (including phenoxy) is 1. The Hall–Kier alpha value is -1.83. The molecule has 0 spiro atoms. The van der Waals surface area contributed by atoms with Gasteiger partial charge in [-0.05, 0) is 12.1 Å². The van der Waals surface area contributed by atoms with Crippen LogP contribution in [0.4, 0.5) is 0 Å². The maximum atomic E-state index is 11.6. The monoisotopic (exact) mass is 219 g/mol. The number of benzene rings is 1. The fourth-order valence-electron chi connectivity index (χ4n) is 1.14. The average molecular weight is 219 g/mol. The third-order valence-corrected chi connectivity index (χ3v) is 1.81. The van der Waals surface area contributed by atoms with Crippen LogP contribution in [0.15, 0.2) is 24.3 Å². The minimum absolute atomic E-state index is 0.315. The van der Waals surface area contributed by atoms with Gasteiger partial charge >= 0.3 is 0 Å². The van der Waals surface area contributed by atoms with E-state index < -0.39 is 0 Å². The number of hydrogen-bond acceptors (Lipinski definition) is 3. The third-order valence-electron chi connectivity index (χ3n) is 1.81. The zero-order valence-electron chi connectivity index (χ0n) is 9.24. The van der Waals surface area contributed by atoms with Crippen LogP contribution in [0.1, 0.15) is 15.9 Å². The van der Waals surface area contributed by atoms with Crippen LogP contribution in [0.5, 0.6) is 0 Å². The molecule has 0 radical (unpaired) electrons. The summed E-state index contributed by atoms with van der Waals surface area (Å²) in [5, 5.41) is 0. The molecule has 1 N–H and O–H groups in total. The third kappa shape index (κ3) is 3.39. The molecule has 0 atom stereocenters. The quantitative estimate of drug-likeness (QED) is 0.609. The number of hydroxylamine groups is 1. The number of rotatable bonds is 3. The lowest BCUT2D eigenvalue weighted by Crippen LogP contribution is -2.22.